The third kappa shape index (κ3) is 9.49. The number of hydrogen-bond acceptors (Lipinski definition) is 6. The molecule has 0 amide bonds. The number of hydrogen-bond donors (Lipinski definition) is 1. The Kier molecular flexibility index (Phi) is 13.3. The smallest absolute Gasteiger partial charge is 0.169 e. The molecule has 2 aliphatic heterocycles. The van der Waals surface area contributed by atoms with Crippen LogP contribution in [0, 0.1) is 11.6 Å². The number of nitrogens with one attached hydrogen (secondary N) is 1. The Hall–Kier alpha value is -3.45. The summed E-state index contributed by atoms with van der Waals surface area (Å²) in [5.41, 5.74) is 3.69. The van der Waals surface area contributed by atoms with Gasteiger partial charge in [-0.25, -0.2) is 8.78 Å². The number of para-hydroxylation sites is 1. The lowest BCUT2D eigenvalue weighted by molar-refractivity contribution is 0.196. The zero-order chi connectivity index (χ0) is 37.4. The number of rotatable bonds is 11. The molecule has 8 rings (SSSR count). The van der Waals surface area contributed by atoms with Gasteiger partial charge in [-0.3, -0.25) is 14.5 Å². The highest BCUT2D eigenvalue weighted by atomic mass is 79.9. The summed E-state index contributed by atoms with van der Waals surface area (Å²) in [5, 5.41) is 6.48. The van der Waals surface area contributed by atoms with Gasteiger partial charge >= 0.3 is 0 Å². The zero-order valence-electron chi connectivity index (χ0n) is 29.9. The largest absolute Gasteiger partial charge is 0.488 e. The highest BCUT2D eigenvalue weighted by Crippen LogP contribution is 2.34. The van der Waals surface area contributed by atoms with Crippen LogP contribution in [0.2, 0.25) is 10.0 Å². The minimum atomic E-state index is -0.689. The Morgan fingerprint density at radius 3 is 2.28 bits per heavy atom. The molecule has 0 unspecified atom stereocenters. The van der Waals surface area contributed by atoms with E-state index in [1.807, 2.05) is 24.4 Å². The first-order valence-corrected chi connectivity index (χ1v) is 20.8. The van der Waals surface area contributed by atoms with Gasteiger partial charge in [0.15, 0.2) is 11.6 Å². The lowest BCUT2D eigenvalue weighted by atomic mass is 10.1. The van der Waals surface area contributed by atoms with Crippen LogP contribution in [0.5, 0.6) is 5.75 Å². The van der Waals surface area contributed by atoms with Crippen molar-refractivity contribution in [2.75, 3.05) is 87.7 Å². The first-order chi connectivity index (χ1) is 26.3. The van der Waals surface area contributed by atoms with E-state index >= 15 is 0 Å². The van der Waals surface area contributed by atoms with Gasteiger partial charge in [0.05, 0.1) is 20.0 Å². The predicted molar refractivity (Wildman–Crippen MR) is 225 cm³/mol. The summed E-state index contributed by atoms with van der Waals surface area (Å²) in [4.78, 5) is 11.5. The molecule has 284 valence electrons. The van der Waals surface area contributed by atoms with E-state index in [0.29, 0.717) is 17.6 Å². The molecule has 4 heterocycles. The van der Waals surface area contributed by atoms with Crippen LogP contribution in [0.25, 0.3) is 21.8 Å². The van der Waals surface area contributed by atoms with Crippen LogP contribution in [-0.4, -0.2) is 97.3 Å². The first kappa shape index (κ1) is 38.8. The van der Waals surface area contributed by atoms with E-state index in [-0.39, 0.29) is 5.75 Å². The third-order valence-electron chi connectivity index (χ3n) is 9.92. The Morgan fingerprint density at radius 1 is 0.778 bits per heavy atom. The normalized spacial score (nSPS) is 15.5. The molecule has 2 fully saturated rings. The average molecular weight is 857 g/mol. The van der Waals surface area contributed by atoms with Crippen molar-refractivity contribution < 1.29 is 13.5 Å². The van der Waals surface area contributed by atoms with Gasteiger partial charge in [-0.15, -0.1) is 11.8 Å². The van der Waals surface area contributed by atoms with E-state index in [2.05, 4.69) is 106 Å². The number of aromatic amines is 1. The molecule has 54 heavy (non-hydrogen) atoms. The number of ether oxygens (including phenoxy) is 1. The number of halogens is 5. The fourth-order valence-electron chi connectivity index (χ4n) is 7.07. The van der Waals surface area contributed by atoms with Crippen LogP contribution in [0.15, 0.2) is 107 Å². The predicted octanol–water partition coefficient (Wildman–Crippen LogP) is 9.79. The second-order valence-electron chi connectivity index (χ2n) is 13.4. The van der Waals surface area contributed by atoms with Gasteiger partial charge in [-0.05, 0) is 83.2 Å². The van der Waals surface area contributed by atoms with Crippen LogP contribution in [-0.2, 0) is 0 Å². The summed E-state index contributed by atoms with van der Waals surface area (Å²) in [6.07, 6.45) is 5.29. The Morgan fingerprint density at radius 2 is 1.50 bits per heavy atom. The Bertz CT molecular complexity index is 2110. The number of anilines is 1. The summed E-state index contributed by atoms with van der Waals surface area (Å²) < 4.78 is 35.1. The minimum absolute atomic E-state index is 0.0640. The monoisotopic (exact) mass is 854 g/mol. The van der Waals surface area contributed by atoms with E-state index in [1.165, 1.54) is 28.0 Å². The maximum absolute atomic E-state index is 13.8. The zero-order valence-corrected chi connectivity index (χ0v) is 33.8. The van der Waals surface area contributed by atoms with Gasteiger partial charge in [0, 0.05) is 104 Å². The van der Waals surface area contributed by atoms with Gasteiger partial charge in [0.1, 0.15) is 12.4 Å². The molecule has 0 aliphatic carbocycles. The average Bonchev–Trinajstić information content (AvgIpc) is 3.84. The molecule has 0 radical (unpaired) electrons. The lowest BCUT2D eigenvalue weighted by Crippen LogP contribution is -2.51. The van der Waals surface area contributed by atoms with Crippen LogP contribution in [0.1, 0.15) is 6.42 Å². The molecule has 0 atom stereocenters. The number of nitrogens with zero attached hydrogens (tertiary/aromatic N) is 5. The summed E-state index contributed by atoms with van der Waals surface area (Å²) in [6, 6.07) is 26.9. The van der Waals surface area contributed by atoms with Gasteiger partial charge in [0.2, 0.25) is 0 Å². The summed E-state index contributed by atoms with van der Waals surface area (Å²) in [5.74, 6) is -0.216. The van der Waals surface area contributed by atoms with Gasteiger partial charge in [-0.2, -0.15) is 0 Å². The SMILES string of the molecule is Clc1cccc(Cl)c1SCCCN1CCN(n2ccc3ccccc32)CC1.Fc1cc(F)c(OCCN2CCN(c3cccc4[nH]ccc34)CC2)c(Br)c1. The molecule has 2 aliphatic rings. The second kappa shape index (κ2) is 18.5. The summed E-state index contributed by atoms with van der Waals surface area (Å²) in [6.45, 7) is 10.2. The minimum Gasteiger partial charge on any atom is -0.488 e. The topological polar surface area (TPSA) is 42.9 Å². The van der Waals surface area contributed by atoms with Crippen molar-refractivity contribution in [3.8, 4) is 5.75 Å². The Labute approximate surface area is 337 Å². The fraction of sp³-hybridized carbons (Fsp3) is 0.317. The number of thioether (sulfide) groups is 1. The van der Waals surface area contributed by atoms with E-state index in [0.717, 1.165) is 97.6 Å². The first-order valence-electron chi connectivity index (χ1n) is 18.3. The number of fused-ring (bicyclic) bond motifs is 2. The number of benzene rings is 4. The van der Waals surface area contributed by atoms with Gasteiger partial charge in [0.25, 0.3) is 0 Å². The fourth-order valence-corrected chi connectivity index (χ4v) is 9.21. The summed E-state index contributed by atoms with van der Waals surface area (Å²) >= 11 is 17.4. The maximum Gasteiger partial charge on any atom is 0.169 e. The standard InChI is InChI=1S/C21H23Cl2N3S.C20H20BrF2N3O/c22-18-6-3-7-19(23)21(18)27-16-4-10-24-12-14-25(15-13-24)26-11-9-17-5-1-2-8-20(17)26;21-16-12-14(22)13-17(23)20(16)27-11-10-25-6-8-26(9-7-25)19-3-1-2-18-15(19)4-5-24-18/h1-3,5-9,11H,4,10,12-16H2;1-5,12-13,24H,6-11H2. The number of aromatic nitrogens is 2. The molecule has 2 aromatic heterocycles. The van der Waals surface area contributed by atoms with Crippen LogP contribution >= 0.6 is 50.9 Å². The number of piperazine rings is 2. The van der Waals surface area contributed by atoms with Crippen LogP contribution < -0.4 is 14.6 Å². The van der Waals surface area contributed by atoms with Crippen LogP contribution in [0.4, 0.5) is 14.5 Å². The van der Waals surface area contributed by atoms with Crippen molar-refractivity contribution in [2.24, 2.45) is 0 Å². The molecule has 6 aromatic rings. The molecule has 1 N–H and O–H groups in total. The third-order valence-corrected chi connectivity index (χ3v) is 12.6. The van der Waals surface area contributed by atoms with Crippen molar-refractivity contribution >= 4 is 78.4 Å². The van der Waals surface area contributed by atoms with Crippen molar-refractivity contribution in [3.63, 3.8) is 0 Å². The van der Waals surface area contributed by atoms with E-state index in [4.69, 9.17) is 27.9 Å². The van der Waals surface area contributed by atoms with Crippen molar-refractivity contribution in [1.82, 2.24) is 19.5 Å². The highest BCUT2D eigenvalue weighted by molar-refractivity contribution is 9.10. The maximum atomic E-state index is 13.8. The highest BCUT2D eigenvalue weighted by Gasteiger charge is 2.20. The van der Waals surface area contributed by atoms with Crippen molar-refractivity contribution in [2.45, 2.75) is 11.3 Å². The van der Waals surface area contributed by atoms with Crippen LogP contribution in [0.3, 0.4) is 0 Å². The molecule has 2 saturated heterocycles. The molecule has 0 saturated carbocycles. The molecule has 13 heteroatoms. The molecule has 0 spiro atoms. The summed E-state index contributed by atoms with van der Waals surface area (Å²) in [7, 11) is 0. The molecule has 4 aromatic carbocycles. The number of H-pyrrole nitrogens is 1. The van der Waals surface area contributed by atoms with Crippen molar-refractivity contribution in [1.29, 1.82) is 0 Å². The van der Waals surface area contributed by atoms with E-state index < -0.39 is 11.6 Å². The van der Waals surface area contributed by atoms with Gasteiger partial charge < -0.3 is 19.6 Å². The second-order valence-corrected chi connectivity index (χ2v) is 16.1. The Balaban J connectivity index is 0.000000167. The van der Waals surface area contributed by atoms with E-state index in [1.54, 1.807) is 11.8 Å². The molecular weight excluding hydrogens is 813 g/mol. The molecule has 0 bridgehead atoms. The van der Waals surface area contributed by atoms with Gasteiger partial charge in [-0.1, -0.05) is 53.5 Å². The van der Waals surface area contributed by atoms with Crippen molar-refractivity contribution in [3.05, 3.63) is 123 Å². The molecule has 7 nitrogen and oxygen atoms in total. The lowest BCUT2D eigenvalue weighted by Gasteiger charge is -2.37. The van der Waals surface area contributed by atoms with E-state index in [9.17, 15) is 8.78 Å². The molecular formula is C41H43BrCl2F2N6OS. The quantitative estimate of drug-likeness (QED) is 0.104.